The van der Waals surface area contributed by atoms with Crippen molar-refractivity contribution < 1.29 is 17.2 Å². The number of aryl methyl sites for hydroxylation is 2. The monoisotopic (exact) mass is 476 g/mol. The fraction of sp³-hybridized carbons (Fsp3) is 0.318. The van der Waals surface area contributed by atoms with E-state index in [9.17, 15) is 17.2 Å². The maximum Gasteiger partial charge on any atom is 0.272 e. The molecule has 1 atom stereocenters. The third kappa shape index (κ3) is 3.46. The van der Waals surface area contributed by atoms with E-state index >= 15 is 0 Å². The van der Waals surface area contributed by atoms with Crippen molar-refractivity contribution in [2.75, 3.05) is 13.1 Å². The van der Waals surface area contributed by atoms with Crippen molar-refractivity contribution in [3.8, 4) is 0 Å². The molecule has 0 spiro atoms. The average Bonchev–Trinajstić information content (AvgIpc) is 3.47. The normalized spacial score (nSPS) is 21.2. The predicted molar refractivity (Wildman–Crippen MR) is 118 cm³/mol. The molecule has 0 aliphatic carbocycles. The summed E-state index contributed by atoms with van der Waals surface area (Å²) in [6, 6.07) is 3.29. The molecule has 0 unspecified atom stereocenters. The number of hydrogen-bond acceptors (Lipinski definition) is 6. The van der Waals surface area contributed by atoms with E-state index in [1.54, 1.807) is 25.1 Å². The lowest BCUT2D eigenvalue weighted by atomic mass is 10.0. The van der Waals surface area contributed by atoms with Crippen molar-refractivity contribution in [1.29, 1.82) is 0 Å². The van der Waals surface area contributed by atoms with E-state index in [1.807, 2.05) is 18.2 Å². The highest BCUT2D eigenvalue weighted by Gasteiger charge is 2.38. The van der Waals surface area contributed by atoms with Gasteiger partial charge in [-0.15, -0.1) is 15.8 Å². The molecule has 0 bridgehead atoms. The first-order valence-electron chi connectivity index (χ1n) is 10.3. The van der Waals surface area contributed by atoms with E-state index in [-0.39, 0.29) is 16.8 Å². The fourth-order valence-electron chi connectivity index (χ4n) is 4.52. The van der Waals surface area contributed by atoms with Gasteiger partial charge in [-0.25, -0.2) is 22.2 Å². The molecule has 1 fully saturated rings. The van der Waals surface area contributed by atoms with Crippen LogP contribution in [0.4, 0.5) is 8.78 Å². The van der Waals surface area contributed by atoms with Crippen LogP contribution in [0.3, 0.4) is 0 Å². The van der Waals surface area contributed by atoms with Crippen molar-refractivity contribution in [2.24, 2.45) is 0 Å². The number of nitrogens with zero attached hydrogens (tertiary/aromatic N) is 4. The Morgan fingerprint density at radius 3 is 2.75 bits per heavy atom. The molecule has 168 valence electrons. The van der Waals surface area contributed by atoms with Gasteiger partial charge < -0.3 is 4.90 Å². The molecule has 3 aliphatic heterocycles. The molecule has 0 radical (unpaired) electrons. The van der Waals surface area contributed by atoms with Gasteiger partial charge in [0.05, 0.1) is 29.0 Å². The van der Waals surface area contributed by atoms with Crippen molar-refractivity contribution in [3.05, 3.63) is 81.9 Å². The third-order valence-electron chi connectivity index (χ3n) is 5.92. The number of thiazole rings is 1. The maximum atomic E-state index is 14.4. The second-order valence-corrected chi connectivity index (χ2v) is 11.2. The minimum absolute atomic E-state index is 0.212. The fourth-order valence-corrected chi connectivity index (χ4v) is 7.47. The summed E-state index contributed by atoms with van der Waals surface area (Å²) >= 11 is 1.16. The zero-order valence-electron chi connectivity index (χ0n) is 17.6. The van der Waals surface area contributed by atoms with E-state index in [0.29, 0.717) is 22.8 Å². The van der Waals surface area contributed by atoms with Crippen LogP contribution in [0.5, 0.6) is 0 Å². The molecule has 0 saturated carbocycles. The molecule has 4 heterocycles. The van der Waals surface area contributed by atoms with Crippen LogP contribution in [0, 0.1) is 25.5 Å². The first-order valence-corrected chi connectivity index (χ1v) is 12.6. The molecule has 1 saturated heterocycles. The van der Waals surface area contributed by atoms with Crippen molar-refractivity contribution in [3.63, 3.8) is 0 Å². The van der Waals surface area contributed by atoms with E-state index in [0.717, 1.165) is 41.6 Å². The zero-order valence-corrected chi connectivity index (χ0v) is 19.3. The molecule has 32 heavy (non-hydrogen) atoms. The molecule has 5 rings (SSSR count). The smallest absolute Gasteiger partial charge is 0.272 e. The molecule has 10 heteroatoms. The number of benzene rings is 1. The summed E-state index contributed by atoms with van der Waals surface area (Å²) in [6.07, 6.45) is 8.86. The lowest BCUT2D eigenvalue weighted by Gasteiger charge is -2.33. The van der Waals surface area contributed by atoms with E-state index in [4.69, 9.17) is 0 Å². The molecule has 6 nitrogen and oxygen atoms in total. The van der Waals surface area contributed by atoms with Crippen LogP contribution < -0.4 is 0 Å². The van der Waals surface area contributed by atoms with E-state index < -0.39 is 21.7 Å². The Hall–Kier alpha value is -2.56. The second-order valence-electron chi connectivity index (χ2n) is 7.99. The number of hydrogen-bond donors (Lipinski definition) is 0. The number of aromatic nitrogens is 1. The Bertz CT molecular complexity index is 1280. The number of likely N-dealkylation sites (tertiary alicyclic amines) is 1. The Balaban J connectivity index is 1.41. The first-order chi connectivity index (χ1) is 15.3. The van der Waals surface area contributed by atoms with Crippen LogP contribution in [0.15, 0.2) is 58.2 Å². The average molecular weight is 477 g/mol. The maximum absolute atomic E-state index is 14.4. The van der Waals surface area contributed by atoms with Crippen LogP contribution in [-0.4, -0.2) is 40.8 Å². The summed E-state index contributed by atoms with van der Waals surface area (Å²) in [5.41, 5.74) is 2.42. The van der Waals surface area contributed by atoms with Gasteiger partial charge in [-0.2, -0.15) is 0 Å². The van der Waals surface area contributed by atoms with Gasteiger partial charge >= 0.3 is 0 Å². The molecule has 2 aromatic rings. The van der Waals surface area contributed by atoms with Gasteiger partial charge in [-0.1, -0.05) is 0 Å². The zero-order chi connectivity index (χ0) is 22.6. The van der Waals surface area contributed by atoms with Gasteiger partial charge in [0.25, 0.3) is 10.0 Å². The number of fused-ring (bicyclic) bond motifs is 1. The SMILES string of the molecule is Cc1nc(C)c(S(=O)(=O)N2CC=C3C=C(N4CCC[C@@H]4c4cc(F)ccc4F)C=CN32)s1. The largest absolute Gasteiger partial charge is 0.364 e. The molecule has 0 amide bonds. The first kappa shape index (κ1) is 21.3. The molecule has 0 N–H and O–H groups in total. The van der Waals surface area contributed by atoms with Crippen LogP contribution >= 0.6 is 11.3 Å². The number of hydrazine groups is 1. The number of rotatable bonds is 4. The van der Waals surface area contributed by atoms with Gasteiger partial charge in [0.2, 0.25) is 0 Å². The Labute approximate surface area is 189 Å². The van der Waals surface area contributed by atoms with E-state index in [1.165, 1.54) is 16.5 Å². The quantitative estimate of drug-likeness (QED) is 0.655. The Kier molecular flexibility index (Phi) is 5.18. The van der Waals surface area contributed by atoms with Gasteiger partial charge in [0, 0.05) is 24.0 Å². The van der Waals surface area contributed by atoms with Gasteiger partial charge in [0.1, 0.15) is 11.6 Å². The van der Waals surface area contributed by atoms with Crippen LogP contribution in [0.25, 0.3) is 0 Å². The van der Waals surface area contributed by atoms with Crippen molar-refractivity contribution >= 4 is 21.4 Å². The van der Waals surface area contributed by atoms with Gasteiger partial charge in [0.15, 0.2) is 4.21 Å². The minimum Gasteiger partial charge on any atom is -0.364 e. The third-order valence-corrected chi connectivity index (χ3v) is 9.31. The number of sulfonamides is 1. The van der Waals surface area contributed by atoms with Crippen LogP contribution in [-0.2, 0) is 10.0 Å². The molecule has 3 aliphatic rings. The standard InChI is InChI=1S/C22H22F2N4O2S2/c1-14-22(31-15(2)25-14)32(29,30)28-11-8-18-13-17(7-10-27(18)28)26-9-3-4-21(26)19-12-16(23)5-6-20(19)24/h5-8,10,12-13,21H,3-4,9,11H2,1-2H3/t21-/m1/s1. The summed E-state index contributed by atoms with van der Waals surface area (Å²) in [6.45, 7) is 4.41. The topological polar surface area (TPSA) is 56.8 Å². The lowest BCUT2D eigenvalue weighted by molar-refractivity contribution is 0.205. The summed E-state index contributed by atoms with van der Waals surface area (Å²) in [5.74, 6) is -0.876. The predicted octanol–water partition coefficient (Wildman–Crippen LogP) is 4.39. The molecule has 1 aromatic heterocycles. The highest BCUT2D eigenvalue weighted by molar-refractivity contribution is 7.91. The second kappa shape index (κ2) is 7.79. The van der Waals surface area contributed by atoms with E-state index in [2.05, 4.69) is 9.88 Å². The van der Waals surface area contributed by atoms with Gasteiger partial charge in [-0.3, -0.25) is 5.01 Å². The summed E-state index contributed by atoms with van der Waals surface area (Å²) in [4.78, 5) is 6.31. The highest BCUT2D eigenvalue weighted by atomic mass is 32.2. The Morgan fingerprint density at radius 1 is 1.19 bits per heavy atom. The van der Waals surface area contributed by atoms with Crippen LogP contribution in [0.1, 0.15) is 35.1 Å². The van der Waals surface area contributed by atoms with Crippen molar-refractivity contribution in [2.45, 2.75) is 36.9 Å². The minimum atomic E-state index is -3.74. The summed E-state index contributed by atoms with van der Waals surface area (Å²) in [5, 5.41) is 2.32. The summed E-state index contributed by atoms with van der Waals surface area (Å²) in [7, 11) is -3.74. The van der Waals surface area contributed by atoms with Crippen molar-refractivity contribution in [1.82, 2.24) is 19.3 Å². The molecule has 1 aromatic carbocycles. The number of allylic oxidation sites excluding steroid dienone is 2. The number of halogens is 2. The highest BCUT2D eigenvalue weighted by Crippen LogP contribution is 2.40. The summed E-state index contributed by atoms with van der Waals surface area (Å²) < 4.78 is 56.3. The lowest BCUT2D eigenvalue weighted by Crippen LogP contribution is -2.39. The van der Waals surface area contributed by atoms with Crippen LogP contribution in [0.2, 0.25) is 0 Å². The molecular weight excluding hydrogens is 454 g/mol. The Morgan fingerprint density at radius 2 is 2.00 bits per heavy atom. The van der Waals surface area contributed by atoms with Gasteiger partial charge in [-0.05, 0) is 63.1 Å². The molecular formula is C22H22F2N4O2S2.